The molecule has 0 unspecified atom stereocenters. The Bertz CT molecular complexity index is 597. The molecule has 1 saturated carbocycles. The Balaban J connectivity index is 1.59. The van der Waals surface area contributed by atoms with E-state index in [1.165, 1.54) is 24.7 Å². The van der Waals surface area contributed by atoms with Crippen LogP contribution in [-0.4, -0.2) is 11.9 Å². The van der Waals surface area contributed by atoms with Gasteiger partial charge in [-0.2, -0.15) is 0 Å². The lowest BCUT2D eigenvalue weighted by Gasteiger charge is -2.07. The third kappa shape index (κ3) is 3.08. The van der Waals surface area contributed by atoms with Crippen molar-refractivity contribution in [3.63, 3.8) is 0 Å². The molecule has 4 nitrogen and oxygen atoms in total. The first-order valence-corrected chi connectivity index (χ1v) is 6.90. The van der Waals surface area contributed by atoms with E-state index in [9.17, 15) is 4.79 Å². The fraction of sp³-hybridized carbons (Fsp3) is 0.312. The largest absolute Gasteiger partial charge is 0.469 e. The van der Waals surface area contributed by atoms with Gasteiger partial charge >= 0.3 is 0 Å². The average Bonchev–Trinajstić information content (AvgIpc) is 3.18. The van der Waals surface area contributed by atoms with Crippen LogP contribution >= 0.6 is 0 Å². The third-order valence-electron chi connectivity index (χ3n) is 3.49. The normalized spacial score (nSPS) is 14.2. The van der Waals surface area contributed by atoms with Gasteiger partial charge in [-0.05, 0) is 43.5 Å². The Morgan fingerprint density at radius 3 is 2.60 bits per heavy atom. The molecule has 0 saturated heterocycles. The Kier molecular flexibility index (Phi) is 3.56. The van der Waals surface area contributed by atoms with Crippen LogP contribution in [0.1, 0.15) is 34.5 Å². The Morgan fingerprint density at radius 2 is 2.00 bits per heavy atom. The molecule has 1 aromatic heterocycles. The number of nitrogens with one attached hydrogen (secondary N) is 2. The summed E-state index contributed by atoms with van der Waals surface area (Å²) in [6.45, 7) is 2.67. The third-order valence-corrected chi connectivity index (χ3v) is 3.49. The van der Waals surface area contributed by atoms with Crippen molar-refractivity contribution in [3.05, 3.63) is 53.5 Å². The number of benzene rings is 1. The molecule has 1 aliphatic rings. The van der Waals surface area contributed by atoms with E-state index in [1.807, 2.05) is 24.3 Å². The van der Waals surface area contributed by atoms with Gasteiger partial charge in [0.15, 0.2) is 0 Å². The first-order chi connectivity index (χ1) is 9.72. The SMILES string of the molecule is Cc1occc1C(=O)Nc1ccc(CNC2CC2)cc1. The van der Waals surface area contributed by atoms with E-state index >= 15 is 0 Å². The highest BCUT2D eigenvalue weighted by Crippen LogP contribution is 2.20. The van der Waals surface area contributed by atoms with E-state index in [-0.39, 0.29) is 5.91 Å². The minimum absolute atomic E-state index is 0.139. The van der Waals surface area contributed by atoms with Gasteiger partial charge in [-0.15, -0.1) is 0 Å². The molecule has 20 heavy (non-hydrogen) atoms. The van der Waals surface area contributed by atoms with Crippen molar-refractivity contribution in [1.82, 2.24) is 5.32 Å². The van der Waals surface area contributed by atoms with Crippen molar-refractivity contribution in [2.24, 2.45) is 0 Å². The molecule has 0 spiro atoms. The molecule has 1 fully saturated rings. The quantitative estimate of drug-likeness (QED) is 0.877. The number of rotatable bonds is 5. The molecular formula is C16H18N2O2. The maximum atomic E-state index is 12.0. The molecule has 104 valence electrons. The molecule has 0 atom stereocenters. The molecular weight excluding hydrogens is 252 g/mol. The van der Waals surface area contributed by atoms with Gasteiger partial charge in [-0.3, -0.25) is 4.79 Å². The number of hydrogen-bond donors (Lipinski definition) is 2. The van der Waals surface area contributed by atoms with Crippen molar-refractivity contribution in [3.8, 4) is 0 Å². The van der Waals surface area contributed by atoms with Crippen LogP contribution in [0.5, 0.6) is 0 Å². The predicted molar refractivity (Wildman–Crippen MR) is 77.7 cm³/mol. The van der Waals surface area contributed by atoms with Crippen molar-refractivity contribution >= 4 is 11.6 Å². The van der Waals surface area contributed by atoms with Crippen LogP contribution in [0.2, 0.25) is 0 Å². The highest BCUT2D eigenvalue weighted by Gasteiger charge is 2.19. The second-order valence-corrected chi connectivity index (χ2v) is 5.20. The minimum Gasteiger partial charge on any atom is -0.469 e. The van der Waals surface area contributed by atoms with E-state index in [0.717, 1.165) is 12.2 Å². The zero-order valence-corrected chi connectivity index (χ0v) is 11.5. The van der Waals surface area contributed by atoms with Crippen LogP contribution in [0.3, 0.4) is 0 Å². The number of amides is 1. The van der Waals surface area contributed by atoms with Crippen LogP contribution < -0.4 is 10.6 Å². The van der Waals surface area contributed by atoms with Crippen LogP contribution in [0.4, 0.5) is 5.69 Å². The zero-order valence-electron chi connectivity index (χ0n) is 11.5. The number of hydrogen-bond acceptors (Lipinski definition) is 3. The van der Waals surface area contributed by atoms with Gasteiger partial charge in [0, 0.05) is 18.3 Å². The summed E-state index contributed by atoms with van der Waals surface area (Å²) in [6, 6.07) is 10.3. The smallest absolute Gasteiger partial charge is 0.259 e. The lowest BCUT2D eigenvalue weighted by atomic mass is 10.2. The molecule has 1 heterocycles. The van der Waals surface area contributed by atoms with Crippen LogP contribution in [0, 0.1) is 6.92 Å². The standard InChI is InChI=1S/C16H18N2O2/c1-11-15(8-9-20-11)16(19)18-14-4-2-12(3-5-14)10-17-13-6-7-13/h2-5,8-9,13,17H,6-7,10H2,1H3,(H,18,19). The van der Waals surface area contributed by atoms with Gasteiger partial charge in [0.2, 0.25) is 0 Å². The summed E-state index contributed by atoms with van der Waals surface area (Å²) < 4.78 is 5.13. The Morgan fingerprint density at radius 1 is 1.25 bits per heavy atom. The fourth-order valence-corrected chi connectivity index (χ4v) is 2.07. The second-order valence-electron chi connectivity index (χ2n) is 5.20. The molecule has 1 aromatic carbocycles. The topological polar surface area (TPSA) is 54.3 Å². The van der Waals surface area contributed by atoms with E-state index in [0.29, 0.717) is 17.4 Å². The highest BCUT2D eigenvalue weighted by molar-refractivity contribution is 6.04. The highest BCUT2D eigenvalue weighted by atomic mass is 16.3. The molecule has 2 aromatic rings. The summed E-state index contributed by atoms with van der Waals surface area (Å²) in [6.07, 6.45) is 4.10. The van der Waals surface area contributed by atoms with Gasteiger partial charge in [0.1, 0.15) is 5.76 Å². The monoisotopic (exact) mass is 270 g/mol. The van der Waals surface area contributed by atoms with E-state index in [4.69, 9.17) is 4.42 Å². The summed E-state index contributed by atoms with van der Waals surface area (Å²) in [5, 5.41) is 6.33. The number of carbonyl (C=O) groups is 1. The van der Waals surface area contributed by atoms with Crippen LogP contribution in [0.15, 0.2) is 41.0 Å². The van der Waals surface area contributed by atoms with Crippen molar-refractivity contribution < 1.29 is 9.21 Å². The average molecular weight is 270 g/mol. The summed E-state index contributed by atoms with van der Waals surface area (Å²) in [7, 11) is 0. The lowest BCUT2D eigenvalue weighted by Crippen LogP contribution is -2.15. The van der Waals surface area contributed by atoms with E-state index in [1.54, 1.807) is 13.0 Å². The molecule has 3 rings (SSSR count). The Labute approximate surface area is 118 Å². The fourth-order valence-electron chi connectivity index (χ4n) is 2.07. The van der Waals surface area contributed by atoms with Gasteiger partial charge in [0.05, 0.1) is 11.8 Å². The molecule has 2 N–H and O–H groups in total. The van der Waals surface area contributed by atoms with Crippen molar-refractivity contribution in [1.29, 1.82) is 0 Å². The second kappa shape index (κ2) is 5.51. The summed E-state index contributed by atoms with van der Waals surface area (Å²) in [5.41, 5.74) is 2.60. The summed E-state index contributed by atoms with van der Waals surface area (Å²) in [4.78, 5) is 12.0. The number of furan rings is 1. The molecule has 1 aliphatic carbocycles. The molecule has 0 radical (unpaired) electrons. The summed E-state index contributed by atoms with van der Waals surface area (Å²) >= 11 is 0. The van der Waals surface area contributed by atoms with Crippen LogP contribution in [0.25, 0.3) is 0 Å². The number of aryl methyl sites for hydroxylation is 1. The van der Waals surface area contributed by atoms with Crippen LogP contribution in [-0.2, 0) is 6.54 Å². The number of anilines is 1. The first kappa shape index (κ1) is 12.9. The van der Waals surface area contributed by atoms with Crippen molar-refractivity contribution in [2.45, 2.75) is 32.4 Å². The first-order valence-electron chi connectivity index (χ1n) is 6.90. The van der Waals surface area contributed by atoms with Gasteiger partial charge in [-0.25, -0.2) is 0 Å². The minimum atomic E-state index is -0.139. The maximum absolute atomic E-state index is 12.0. The van der Waals surface area contributed by atoms with Gasteiger partial charge < -0.3 is 15.1 Å². The van der Waals surface area contributed by atoms with Crippen molar-refractivity contribution in [2.75, 3.05) is 5.32 Å². The molecule has 0 aliphatic heterocycles. The molecule has 0 bridgehead atoms. The summed E-state index contributed by atoms with van der Waals surface area (Å²) in [5.74, 6) is 0.493. The molecule has 4 heteroatoms. The maximum Gasteiger partial charge on any atom is 0.259 e. The van der Waals surface area contributed by atoms with Gasteiger partial charge in [0.25, 0.3) is 5.91 Å². The molecule has 1 amide bonds. The zero-order chi connectivity index (χ0) is 13.9. The van der Waals surface area contributed by atoms with Gasteiger partial charge in [-0.1, -0.05) is 12.1 Å². The predicted octanol–water partition coefficient (Wildman–Crippen LogP) is 3.09. The number of carbonyl (C=O) groups excluding carboxylic acids is 1. The van der Waals surface area contributed by atoms with E-state index in [2.05, 4.69) is 10.6 Å². The lowest BCUT2D eigenvalue weighted by molar-refractivity contribution is 0.102. The Hall–Kier alpha value is -2.07. The van der Waals surface area contributed by atoms with E-state index < -0.39 is 0 Å².